The second-order valence-electron chi connectivity index (χ2n) is 5.92. The molecular weight excluding hydrogens is 301 g/mol. The van der Waals surface area contributed by atoms with Crippen LogP contribution >= 0.6 is 0 Å². The molecule has 0 aliphatic carbocycles. The van der Waals surface area contributed by atoms with Gasteiger partial charge in [0.2, 0.25) is 0 Å². The van der Waals surface area contributed by atoms with E-state index >= 15 is 0 Å². The molecule has 0 atom stereocenters. The number of benzene rings is 2. The van der Waals surface area contributed by atoms with E-state index in [1.54, 1.807) is 0 Å². The third-order valence-electron chi connectivity index (χ3n) is 4.30. The molecule has 0 aliphatic rings. The first-order valence-electron chi connectivity index (χ1n) is 8.40. The summed E-state index contributed by atoms with van der Waals surface area (Å²) in [5.41, 5.74) is 4.37. The molecule has 0 amide bonds. The Hall–Kier alpha value is -3.09. The topological polar surface area (TPSA) is 25.8 Å². The van der Waals surface area contributed by atoms with Crippen LogP contribution in [0.5, 0.6) is 0 Å². The molecule has 116 valence electrons. The van der Waals surface area contributed by atoms with Crippen LogP contribution in [0, 0.1) is 0 Å². The summed E-state index contributed by atoms with van der Waals surface area (Å²) in [5.74, 6) is 0. The van der Waals surface area contributed by atoms with E-state index in [4.69, 9.17) is 0 Å². The molecular formula is C22H16BeN2. The predicted octanol–water partition coefficient (Wildman–Crippen LogP) is 3.47. The number of pyridine rings is 2. The van der Waals surface area contributed by atoms with Crippen molar-refractivity contribution in [3.63, 3.8) is 0 Å². The molecule has 0 aliphatic heterocycles. The minimum atomic E-state index is 0.847. The van der Waals surface area contributed by atoms with Crippen LogP contribution in [0.25, 0.3) is 22.5 Å². The van der Waals surface area contributed by atoms with Crippen LogP contribution in [0.15, 0.2) is 97.3 Å². The summed E-state index contributed by atoms with van der Waals surface area (Å²) < 4.78 is 0. The van der Waals surface area contributed by atoms with Crippen molar-refractivity contribution in [1.82, 2.24) is 9.97 Å². The van der Waals surface area contributed by atoms with E-state index in [2.05, 4.69) is 70.6 Å². The number of hydrogen-bond acceptors (Lipinski definition) is 2. The van der Waals surface area contributed by atoms with Crippen LogP contribution in [0.1, 0.15) is 0 Å². The monoisotopic (exact) mass is 317 g/mol. The van der Waals surface area contributed by atoms with E-state index in [0.717, 1.165) is 20.2 Å². The van der Waals surface area contributed by atoms with Gasteiger partial charge in [0.25, 0.3) is 0 Å². The van der Waals surface area contributed by atoms with Gasteiger partial charge in [-0.2, -0.15) is 0 Å². The maximum absolute atomic E-state index is 4.52. The van der Waals surface area contributed by atoms with Crippen molar-refractivity contribution in [2.45, 2.75) is 0 Å². The van der Waals surface area contributed by atoms with Gasteiger partial charge < -0.3 is 0 Å². The van der Waals surface area contributed by atoms with E-state index < -0.39 is 0 Å². The predicted molar refractivity (Wildman–Crippen MR) is 104 cm³/mol. The Morgan fingerprint density at radius 3 is 1.36 bits per heavy atom. The molecule has 0 bridgehead atoms. The molecule has 2 aromatic carbocycles. The molecule has 4 rings (SSSR count). The summed E-state index contributed by atoms with van der Waals surface area (Å²) in [6.45, 7) is 0. The Morgan fingerprint density at radius 1 is 0.480 bits per heavy atom. The third kappa shape index (κ3) is 3.40. The Balaban J connectivity index is 1.76. The SMILES string of the molecule is [Be]([c]1ccccc1-c1ccccn1)[c]1ccccc1-c1ccccn1. The van der Waals surface area contributed by atoms with Gasteiger partial charge in [-0.3, -0.25) is 0 Å². The van der Waals surface area contributed by atoms with Crippen molar-refractivity contribution in [3.05, 3.63) is 97.3 Å². The fourth-order valence-corrected chi connectivity index (χ4v) is 3.10. The van der Waals surface area contributed by atoms with E-state index in [-0.39, 0.29) is 0 Å². The van der Waals surface area contributed by atoms with Gasteiger partial charge in [0.1, 0.15) is 0 Å². The first-order chi connectivity index (χ1) is 12.4. The van der Waals surface area contributed by atoms with Gasteiger partial charge in [-0.05, 0) is 0 Å². The fraction of sp³-hybridized carbons (Fsp3) is 0. The standard InChI is InChI=1S/2C11H8N.Be/c2*1-2-6-10(7-3-1)11-8-4-5-9-12-11;/h2*1-6,8-9H;. The van der Waals surface area contributed by atoms with Crippen LogP contribution in [0.4, 0.5) is 0 Å². The molecule has 0 saturated carbocycles. The van der Waals surface area contributed by atoms with E-state index in [1.165, 1.54) is 21.7 Å². The molecule has 0 radical (unpaired) electrons. The summed E-state index contributed by atoms with van der Waals surface area (Å²) >= 11 is 0. The van der Waals surface area contributed by atoms with Gasteiger partial charge in [0, 0.05) is 0 Å². The molecule has 25 heavy (non-hydrogen) atoms. The molecule has 2 heterocycles. The van der Waals surface area contributed by atoms with Crippen molar-refractivity contribution in [3.8, 4) is 22.5 Å². The zero-order valence-electron chi connectivity index (χ0n) is 13.8. The Kier molecular flexibility index (Phi) is 4.45. The van der Waals surface area contributed by atoms with Crippen LogP contribution in [-0.2, 0) is 0 Å². The molecule has 0 unspecified atom stereocenters. The average molecular weight is 317 g/mol. The second-order valence-corrected chi connectivity index (χ2v) is 5.92. The zero-order valence-corrected chi connectivity index (χ0v) is 13.8. The van der Waals surface area contributed by atoms with Crippen molar-refractivity contribution < 1.29 is 0 Å². The second kappa shape index (κ2) is 7.21. The zero-order chi connectivity index (χ0) is 16.9. The molecule has 0 saturated heterocycles. The van der Waals surface area contributed by atoms with Gasteiger partial charge in [-0.1, -0.05) is 0 Å². The normalized spacial score (nSPS) is 10.2. The van der Waals surface area contributed by atoms with E-state index in [1.807, 2.05) is 36.7 Å². The summed E-state index contributed by atoms with van der Waals surface area (Å²) in [4.78, 5) is 9.04. The van der Waals surface area contributed by atoms with Crippen molar-refractivity contribution >= 4 is 19.3 Å². The molecule has 3 heteroatoms. The number of hydrogen-bond donors (Lipinski definition) is 0. The minimum absolute atomic E-state index is 0.847. The van der Waals surface area contributed by atoms with Crippen LogP contribution in [0.3, 0.4) is 0 Å². The van der Waals surface area contributed by atoms with Gasteiger partial charge in [-0.15, -0.1) is 0 Å². The fourth-order valence-electron chi connectivity index (χ4n) is 3.10. The van der Waals surface area contributed by atoms with Crippen molar-refractivity contribution in [2.75, 3.05) is 0 Å². The van der Waals surface area contributed by atoms with Gasteiger partial charge in [0.05, 0.1) is 0 Å². The molecule has 0 fully saturated rings. The van der Waals surface area contributed by atoms with E-state index in [9.17, 15) is 0 Å². The van der Waals surface area contributed by atoms with Crippen LogP contribution < -0.4 is 10.6 Å². The Labute approximate surface area is 149 Å². The number of rotatable bonds is 4. The Bertz CT molecular complexity index is 888. The summed E-state index contributed by atoms with van der Waals surface area (Å²) in [7, 11) is 0.847. The number of aromatic nitrogens is 2. The quantitative estimate of drug-likeness (QED) is 0.539. The van der Waals surface area contributed by atoms with Gasteiger partial charge in [0.15, 0.2) is 0 Å². The third-order valence-corrected chi connectivity index (χ3v) is 4.30. The van der Waals surface area contributed by atoms with Crippen LogP contribution in [0.2, 0.25) is 0 Å². The Morgan fingerprint density at radius 2 is 0.920 bits per heavy atom. The summed E-state index contributed by atoms with van der Waals surface area (Å²) in [5, 5.41) is 2.54. The van der Waals surface area contributed by atoms with E-state index in [0.29, 0.717) is 0 Å². The first-order valence-corrected chi connectivity index (χ1v) is 8.40. The first kappa shape index (κ1) is 15.4. The van der Waals surface area contributed by atoms with Gasteiger partial charge >= 0.3 is 149 Å². The van der Waals surface area contributed by atoms with Crippen molar-refractivity contribution in [1.29, 1.82) is 0 Å². The van der Waals surface area contributed by atoms with Gasteiger partial charge in [-0.25, -0.2) is 0 Å². The number of nitrogens with zero attached hydrogens (tertiary/aromatic N) is 2. The van der Waals surface area contributed by atoms with Crippen LogP contribution in [-0.4, -0.2) is 18.7 Å². The summed E-state index contributed by atoms with van der Waals surface area (Å²) in [6.07, 6.45) is 3.68. The average Bonchev–Trinajstić information content (AvgIpc) is 2.70. The van der Waals surface area contributed by atoms with Crippen molar-refractivity contribution in [2.24, 2.45) is 0 Å². The molecule has 0 N–H and O–H groups in total. The molecule has 0 spiro atoms. The molecule has 2 nitrogen and oxygen atoms in total. The molecule has 4 aromatic rings. The molecule has 2 aromatic heterocycles. The maximum atomic E-state index is 4.52. The summed E-state index contributed by atoms with van der Waals surface area (Å²) in [6, 6.07) is 29.0.